The molecule has 0 spiro atoms. The summed E-state index contributed by atoms with van der Waals surface area (Å²) in [6.45, 7) is 41.7. The normalized spacial score (nSPS) is 27.9. The van der Waals surface area contributed by atoms with Crippen molar-refractivity contribution in [1.29, 1.82) is 0 Å². The minimum Gasteiger partial charge on any atom is -0.480 e. The van der Waals surface area contributed by atoms with Crippen molar-refractivity contribution in [3.05, 3.63) is 50.6 Å². The molecule has 4 heterocycles. The van der Waals surface area contributed by atoms with Gasteiger partial charge in [0, 0.05) is 31.0 Å². The molecule has 0 bridgehead atoms. The molecular weight excluding hydrogens is 821 g/mol. The Morgan fingerprint density at radius 2 is 1.02 bits per heavy atom. The van der Waals surface area contributed by atoms with Crippen molar-refractivity contribution in [1.82, 2.24) is 20.0 Å². The van der Waals surface area contributed by atoms with E-state index < -0.39 is 64.7 Å². The summed E-state index contributed by atoms with van der Waals surface area (Å²) in [5, 5.41) is 12.4. The zero-order valence-corrected chi connectivity index (χ0v) is 40.5. The standard InChI is InChI=1S/C24H38N2O5.C12H19NO4.C12H21NO2.CH4/c1-10-16-12-13-25(22(29)31-24(7,8)9)19(16)20(27)26-17(11-2)15(3)14-18(26)21(28)30-23(4,5)6;1-5-8-6-7-13(9(8)10(14)15)11(16)17-12(2,3)4;1-6-9-8(2)7-10(13-9)11(14)15-12(3,4)5;/h10-11,15-19H,1-2,12-14H2,3-9H3;5,8-9H,1,6-7H2,2-4H3,(H,14,15);6,8-10,13H,1,7H2,2-5H3;1H4/t15-,16+,17+,18+,19+;8-,9-;8-,9+,10+;/m101./s1. The van der Waals surface area contributed by atoms with Crippen LogP contribution < -0.4 is 5.32 Å². The molecule has 0 aromatic rings. The van der Waals surface area contributed by atoms with Crippen LogP contribution in [-0.4, -0.2) is 128 Å². The number of aliphatic carboxylic acids is 1. The number of carboxylic acid groups (broad SMARTS) is 1. The number of carbonyl (C=O) groups excluding carboxylic acids is 5. The summed E-state index contributed by atoms with van der Waals surface area (Å²) in [6.07, 6.45) is 8.26. The monoisotopic (exact) mass is 903 g/mol. The van der Waals surface area contributed by atoms with Gasteiger partial charge in [0.15, 0.2) is 0 Å². The number of carbonyl (C=O) groups is 6. The van der Waals surface area contributed by atoms with Gasteiger partial charge in [-0.25, -0.2) is 19.2 Å². The van der Waals surface area contributed by atoms with Crippen LogP contribution in [0.25, 0.3) is 0 Å². The number of hydrogen-bond acceptors (Lipinski definition) is 11. The molecule has 4 saturated heterocycles. The fraction of sp³-hybridized carbons (Fsp3) is 0.714. The van der Waals surface area contributed by atoms with E-state index in [1.807, 2.05) is 33.8 Å². The van der Waals surface area contributed by atoms with Crippen LogP contribution in [0.5, 0.6) is 0 Å². The number of ether oxygens (including phenoxy) is 4. The lowest BCUT2D eigenvalue weighted by molar-refractivity contribution is -0.164. The van der Waals surface area contributed by atoms with Gasteiger partial charge in [-0.2, -0.15) is 0 Å². The Morgan fingerprint density at radius 3 is 1.39 bits per heavy atom. The van der Waals surface area contributed by atoms with E-state index in [1.165, 1.54) is 9.80 Å². The molecule has 0 radical (unpaired) electrons. The number of nitrogens with one attached hydrogen (secondary N) is 1. The second-order valence-corrected chi connectivity index (χ2v) is 20.9. The predicted octanol–water partition coefficient (Wildman–Crippen LogP) is 8.33. The SMILES string of the molecule is C.C=C[C@@H]1N[C@H](C(=O)OC(C)(C)C)C[C@H]1C.C=C[C@H]1CCN(C(=O)OC(C)(C)C)[C@@H]1C(=O)N1[C@H](C(=O)OC(C)(C)C)C[C@@H](C)[C@@H]1C=C.C=C[C@H]1CCN(C(=O)OC(C)(C)C)[C@@H]1C(=O)O. The quantitative estimate of drug-likeness (QED) is 0.135. The molecule has 0 aliphatic carbocycles. The Labute approximate surface area is 384 Å². The number of carboxylic acids is 1. The zero-order chi connectivity index (χ0) is 48.6. The first-order valence-electron chi connectivity index (χ1n) is 22.1. The van der Waals surface area contributed by atoms with Crippen molar-refractivity contribution in [2.75, 3.05) is 13.1 Å². The van der Waals surface area contributed by atoms with Gasteiger partial charge in [0.1, 0.15) is 46.6 Å². The lowest BCUT2D eigenvalue weighted by Crippen LogP contribution is -2.56. The molecule has 0 unspecified atom stereocenters. The van der Waals surface area contributed by atoms with Crippen LogP contribution in [0.15, 0.2) is 50.6 Å². The first kappa shape index (κ1) is 57.4. The van der Waals surface area contributed by atoms with Gasteiger partial charge in [-0.3, -0.25) is 24.7 Å². The highest BCUT2D eigenvalue weighted by Gasteiger charge is 2.52. The van der Waals surface area contributed by atoms with Crippen LogP contribution in [0.1, 0.15) is 130 Å². The van der Waals surface area contributed by atoms with Gasteiger partial charge in [0.05, 0.1) is 6.04 Å². The molecule has 0 aromatic heterocycles. The molecule has 64 heavy (non-hydrogen) atoms. The van der Waals surface area contributed by atoms with E-state index in [2.05, 4.69) is 38.6 Å². The molecule has 2 N–H and O–H groups in total. The molecule has 3 amide bonds. The molecular formula is C49H82N4O11. The molecule has 0 aromatic carbocycles. The maximum absolute atomic E-state index is 13.9. The average molecular weight is 903 g/mol. The van der Waals surface area contributed by atoms with Crippen molar-refractivity contribution in [3.63, 3.8) is 0 Å². The topological polar surface area (TPSA) is 181 Å². The predicted molar refractivity (Wildman–Crippen MR) is 249 cm³/mol. The summed E-state index contributed by atoms with van der Waals surface area (Å²) < 4.78 is 21.7. The summed E-state index contributed by atoms with van der Waals surface area (Å²) in [6, 6.07) is -2.63. The molecule has 10 atom stereocenters. The Balaban J connectivity index is 0.000000524. The Hall–Kier alpha value is -4.66. The highest BCUT2D eigenvalue weighted by atomic mass is 16.6. The lowest BCUT2D eigenvalue weighted by atomic mass is 9.98. The smallest absolute Gasteiger partial charge is 0.411 e. The van der Waals surface area contributed by atoms with Crippen LogP contribution in [0.4, 0.5) is 9.59 Å². The van der Waals surface area contributed by atoms with Gasteiger partial charge in [-0.1, -0.05) is 45.6 Å². The van der Waals surface area contributed by atoms with Crippen molar-refractivity contribution in [2.24, 2.45) is 23.7 Å². The van der Waals surface area contributed by atoms with E-state index in [0.717, 1.165) is 6.42 Å². The van der Waals surface area contributed by atoms with Crippen LogP contribution in [0, 0.1) is 23.7 Å². The van der Waals surface area contributed by atoms with Gasteiger partial charge in [-0.05, 0) is 121 Å². The molecule has 4 aliphatic heterocycles. The fourth-order valence-corrected chi connectivity index (χ4v) is 8.10. The highest BCUT2D eigenvalue weighted by Crippen LogP contribution is 2.37. The molecule has 4 rings (SSSR count). The highest BCUT2D eigenvalue weighted by molar-refractivity contribution is 5.92. The number of esters is 2. The lowest BCUT2D eigenvalue weighted by Gasteiger charge is -2.36. The van der Waals surface area contributed by atoms with Gasteiger partial charge < -0.3 is 29.0 Å². The minimum absolute atomic E-state index is 0. The Morgan fingerprint density at radius 1 is 0.594 bits per heavy atom. The largest absolute Gasteiger partial charge is 0.480 e. The van der Waals surface area contributed by atoms with Gasteiger partial charge in [-0.15, -0.1) is 26.3 Å². The summed E-state index contributed by atoms with van der Waals surface area (Å²) in [5.41, 5.74) is -2.37. The molecule has 0 saturated carbocycles. The first-order valence-corrected chi connectivity index (χ1v) is 22.1. The van der Waals surface area contributed by atoms with E-state index in [9.17, 15) is 28.8 Å². The maximum atomic E-state index is 13.9. The third kappa shape index (κ3) is 16.4. The van der Waals surface area contributed by atoms with Crippen LogP contribution in [0.2, 0.25) is 0 Å². The van der Waals surface area contributed by atoms with Crippen LogP contribution in [0.3, 0.4) is 0 Å². The molecule has 15 nitrogen and oxygen atoms in total. The van der Waals surface area contributed by atoms with Crippen molar-refractivity contribution in [2.45, 2.75) is 189 Å². The second-order valence-electron chi connectivity index (χ2n) is 20.9. The van der Waals surface area contributed by atoms with E-state index >= 15 is 0 Å². The summed E-state index contributed by atoms with van der Waals surface area (Å²) in [7, 11) is 0. The van der Waals surface area contributed by atoms with E-state index in [1.54, 1.807) is 85.4 Å². The maximum Gasteiger partial charge on any atom is 0.411 e. The van der Waals surface area contributed by atoms with Crippen molar-refractivity contribution in [3.8, 4) is 0 Å². The van der Waals surface area contributed by atoms with Crippen molar-refractivity contribution < 1.29 is 52.8 Å². The molecule has 4 fully saturated rings. The van der Waals surface area contributed by atoms with E-state index in [-0.39, 0.29) is 55.2 Å². The Bertz CT molecular complexity index is 1680. The molecule has 364 valence electrons. The van der Waals surface area contributed by atoms with Gasteiger partial charge in [0.25, 0.3) is 0 Å². The van der Waals surface area contributed by atoms with Crippen LogP contribution >= 0.6 is 0 Å². The third-order valence-corrected chi connectivity index (χ3v) is 10.8. The molecule has 15 heteroatoms. The number of amides is 3. The average Bonchev–Trinajstić information content (AvgIpc) is 3.92. The number of nitrogens with zero attached hydrogens (tertiary/aromatic N) is 3. The van der Waals surface area contributed by atoms with Gasteiger partial charge >= 0.3 is 30.1 Å². The summed E-state index contributed by atoms with van der Waals surface area (Å²) >= 11 is 0. The zero-order valence-electron chi connectivity index (χ0n) is 40.5. The van der Waals surface area contributed by atoms with Gasteiger partial charge in [0.2, 0.25) is 5.91 Å². The minimum atomic E-state index is -1.02. The summed E-state index contributed by atoms with van der Waals surface area (Å²) in [4.78, 5) is 78.7. The molecule has 4 aliphatic rings. The third-order valence-electron chi connectivity index (χ3n) is 10.8. The number of rotatable bonds is 8. The second kappa shape index (κ2) is 23.0. The van der Waals surface area contributed by atoms with Crippen LogP contribution in [-0.2, 0) is 38.1 Å². The van der Waals surface area contributed by atoms with E-state index in [4.69, 9.17) is 24.1 Å². The number of hydrogen-bond donors (Lipinski definition) is 2. The van der Waals surface area contributed by atoms with Crippen molar-refractivity contribution >= 4 is 36.0 Å². The fourth-order valence-electron chi connectivity index (χ4n) is 8.10. The first-order chi connectivity index (χ1) is 28.8. The number of likely N-dealkylation sites (tertiary alicyclic amines) is 3. The summed E-state index contributed by atoms with van der Waals surface area (Å²) in [5.74, 6) is -1.84. The van der Waals surface area contributed by atoms with E-state index in [0.29, 0.717) is 38.3 Å². The Kier molecular flexibility index (Phi) is 20.6.